The molecule has 0 spiro atoms. The SMILES string of the molecule is CCNC(=O)OCC1OC(n2cnc3c(NCc4ccc(O)cc4)ncnc32)C(O)C1O. The zero-order valence-electron chi connectivity index (χ0n) is 17.3. The summed E-state index contributed by atoms with van der Waals surface area (Å²) in [5.74, 6) is 0.662. The smallest absolute Gasteiger partial charge is 0.407 e. The molecule has 12 heteroatoms. The molecule has 4 unspecified atom stereocenters. The molecule has 0 saturated carbocycles. The molecule has 12 nitrogen and oxygen atoms in total. The highest BCUT2D eigenvalue weighted by Crippen LogP contribution is 2.32. The average molecular weight is 444 g/mol. The first-order valence-corrected chi connectivity index (χ1v) is 10.1. The number of anilines is 1. The zero-order valence-corrected chi connectivity index (χ0v) is 17.3. The van der Waals surface area contributed by atoms with Crippen LogP contribution >= 0.6 is 0 Å². The molecular formula is C20H24N6O6. The Morgan fingerprint density at radius 3 is 2.72 bits per heavy atom. The molecule has 32 heavy (non-hydrogen) atoms. The van der Waals surface area contributed by atoms with Gasteiger partial charge < -0.3 is 35.4 Å². The van der Waals surface area contributed by atoms with Gasteiger partial charge in [-0.3, -0.25) is 4.57 Å². The van der Waals surface area contributed by atoms with Crippen LogP contribution in [0.25, 0.3) is 11.2 Å². The van der Waals surface area contributed by atoms with Crippen molar-refractivity contribution in [3.8, 4) is 5.75 Å². The first-order valence-electron chi connectivity index (χ1n) is 10.1. The van der Waals surface area contributed by atoms with E-state index in [0.717, 1.165) is 5.56 Å². The van der Waals surface area contributed by atoms with E-state index in [2.05, 4.69) is 25.6 Å². The number of rotatable bonds is 7. The van der Waals surface area contributed by atoms with Gasteiger partial charge in [-0.15, -0.1) is 0 Å². The molecule has 3 aromatic rings. The highest BCUT2D eigenvalue weighted by molar-refractivity contribution is 5.82. The van der Waals surface area contributed by atoms with Crippen molar-refractivity contribution in [2.75, 3.05) is 18.5 Å². The van der Waals surface area contributed by atoms with E-state index in [4.69, 9.17) is 9.47 Å². The highest BCUT2D eigenvalue weighted by Gasteiger charge is 2.45. The maximum absolute atomic E-state index is 11.5. The number of phenolic OH excluding ortho intramolecular Hbond substituents is 1. The van der Waals surface area contributed by atoms with E-state index in [1.807, 2.05) is 0 Å². The van der Waals surface area contributed by atoms with E-state index in [1.54, 1.807) is 31.2 Å². The van der Waals surface area contributed by atoms with Crippen LogP contribution in [-0.2, 0) is 16.0 Å². The van der Waals surface area contributed by atoms with Gasteiger partial charge in [0.1, 0.15) is 37.0 Å². The molecule has 5 N–H and O–H groups in total. The standard InChI is InChI=1S/C20H24N6O6/c1-2-21-20(30)31-8-13-15(28)16(29)19(32-13)26-10-25-14-17(23-9-24-18(14)26)22-7-11-3-5-12(27)6-4-11/h3-6,9-10,13,15-16,19,27-29H,2,7-8H2,1H3,(H,21,30)(H,22,23,24). The van der Waals surface area contributed by atoms with E-state index in [1.165, 1.54) is 17.2 Å². The predicted molar refractivity (Wildman–Crippen MR) is 112 cm³/mol. The summed E-state index contributed by atoms with van der Waals surface area (Å²) in [6, 6.07) is 6.76. The summed E-state index contributed by atoms with van der Waals surface area (Å²) in [4.78, 5) is 24.3. The second-order valence-corrected chi connectivity index (χ2v) is 7.24. The molecule has 1 aliphatic heterocycles. The lowest BCUT2D eigenvalue weighted by Crippen LogP contribution is -2.35. The van der Waals surface area contributed by atoms with Crippen LogP contribution in [0.2, 0.25) is 0 Å². The number of benzene rings is 1. The number of carbonyl (C=O) groups is 1. The van der Waals surface area contributed by atoms with Crippen LogP contribution in [0.1, 0.15) is 18.7 Å². The van der Waals surface area contributed by atoms with Gasteiger partial charge in [-0.25, -0.2) is 19.7 Å². The molecule has 4 atom stereocenters. The number of alkyl carbamates (subject to hydrolysis) is 1. The fourth-order valence-corrected chi connectivity index (χ4v) is 3.42. The van der Waals surface area contributed by atoms with Crippen LogP contribution < -0.4 is 10.6 Å². The number of hydrogen-bond acceptors (Lipinski definition) is 10. The maximum Gasteiger partial charge on any atom is 0.407 e. The largest absolute Gasteiger partial charge is 0.508 e. The minimum absolute atomic E-state index is 0.184. The molecule has 1 saturated heterocycles. The summed E-state index contributed by atoms with van der Waals surface area (Å²) in [6.07, 6.45) is -2.27. The quantitative estimate of drug-likeness (QED) is 0.347. The van der Waals surface area contributed by atoms with E-state index >= 15 is 0 Å². The van der Waals surface area contributed by atoms with Gasteiger partial charge in [0.2, 0.25) is 0 Å². The summed E-state index contributed by atoms with van der Waals surface area (Å²) in [5.41, 5.74) is 1.79. The number of nitrogens with one attached hydrogen (secondary N) is 2. The van der Waals surface area contributed by atoms with Crippen LogP contribution in [-0.4, -0.2) is 72.4 Å². The molecule has 0 radical (unpaired) electrons. The van der Waals surface area contributed by atoms with E-state index in [0.29, 0.717) is 30.1 Å². The van der Waals surface area contributed by atoms with E-state index in [9.17, 15) is 20.1 Å². The lowest BCUT2D eigenvalue weighted by atomic mass is 10.1. The van der Waals surface area contributed by atoms with Crippen LogP contribution in [0.3, 0.4) is 0 Å². The molecule has 3 heterocycles. The van der Waals surface area contributed by atoms with Crippen LogP contribution in [0, 0.1) is 0 Å². The molecule has 0 aliphatic carbocycles. The number of aromatic hydroxyl groups is 1. The third-order valence-corrected chi connectivity index (χ3v) is 5.07. The van der Waals surface area contributed by atoms with E-state index < -0.39 is 30.6 Å². The minimum Gasteiger partial charge on any atom is -0.508 e. The molecule has 1 amide bonds. The van der Waals surface area contributed by atoms with Crippen molar-refractivity contribution in [2.45, 2.75) is 38.0 Å². The van der Waals surface area contributed by atoms with Gasteiger partial charge in [0.05, 0.1) is 6.33 Å². The summed E-state index contributed by atoms with van der Waals surface area (Å²) >= 11 is 0. The number of aliphatic hydroxyl groups is 2. The van der Waals surface area contributed by atoms with Crippen molar-refractivity contribution in [3.05, 3.63) is 42.5 Å². The van der Waals surface area contributed by atoms with Gasteiger partial charge >= 0.3 is 6.09 Å². The van der Waals surface area contributed by atoms with Gasteiger partial charge in [0, 0.05) is 13.1 Å². The Morgan fingerprint density at radius 2 is 1.97 bits per heavy atom. The fraction of sp³-hybridized carbons (Fsp3) is 0.400. The lowest BCUT2D eigenvalue weighted by Gasteiger charge is -2.16. The van der Waals surface area contributed by atoms with Crippen molar-refractivity contribution in [2.24, 2.45) is 0 Å². The van der Waals surface area contributed by atoms with Crippen molar-refractivity contribution in [1.29, 1.82) is 0 Å². The number of aromatic nitrogens is 4. The number of phenols is 1. The molecule has 2 aromatic heterocycles. The molecular weight excluding hydrogens is 420 g/mol. The summed E-state index contributed by atoms with van der Waals surface area (Å²) in [6.45, 7) is 2.38. The van der Waals surface area contributed by atoms with Crippen molar-refractivity contribution in [3.63, 3.8) is 0 Å². The number of fused-ring (bicyclic) bond motifs is 1. The monoisotopic (exact) mass is 444 g/mol. The summed E-state index contributed by atoms with van der Waals surface area (Å²) < 4.78 is 12.3. The number of nitrogens with zero attached hydrogens (tertiary/aromatic N) is 4. The Labute approximate surface area is 182 Å². The van der Waals surface area contributed by atoms with Gasteiger partial charge in [-0.2, -0.15) is 0 Å². The normalized spacial score (nSPS) is 22.7. The van der Waals surface area contributed by atoms with Crippen molar-refractivity contribution in [1.82, 2.24) is 24.8 Å². The zero-order chi connectivity index (χ0) is 22.7. The Morgan fingerprint density at radius 1 is 1.19 bits per heavy atom. The first kappa shape index (κ1) is 21.7. The van der Waals surface area contributed by atoms with Gasteiger partial charge in [0.25, 0.3) is 0 Å². The maximum atomic E-state index is 11.5. The van der Waals surface area contributed by atoms with Crippen molar-refractivity contribution >= 4 is 23.1 Å². The molecule has 1 fully saturated rings. The second kappa shape index (κ2) is 9.34. The molecule has 1 aromatic carbocycles. The fourth-order valence-electron chi connectivity index (χ4n) is 3.42. The van der Waals surface area contributed by atoms with Gasteiger partial charge in [-0.1, -0.05) is 12.1 Å². The lowest BCUT2D eigenvalue weighted by molar-refractivity contribution is -0.0532. The van der Waals surface area contributed by atoms with Crippen molar-refractivity contribution < 1.29 is 29.6 Å². The number of aliphatic hydroxyl groups excluding tert-OH is 2. The Balaban J connectivity index is 1.49. The van der Waals surface area contributed by atoms with Crippen LogP contribution in [0.15, 0.2) is 36.9 Å². The van der Waals surface area contributed by atoms with Crippen LogP contribution in [0.5, 0.6) is 5.75 Å². The highest BCUT2D eigenvalue weighted by atomic mass is 16.6. The third-order valence-electron chi connectivity index (χ3n) is 5.07. The van der Waals surface area contributed by atoms with Crippen LogP contribution in [0.4, 0.5) is 10.6 Å². The Hall–Kier alpha value is -3.48. The number of imidazole rings is 1. The minimum atomic E-state index is -1.28. The first-order chi connectivity index (χ1) is 15.5. The predicted octanol–water partition coefficient (Wildman–Crippen LogP) is 0.509. The summed E-state index contributed by atoms with van der Waals surface area (Å²) in [7, 11) is 0. The topological polar surface area (TPSA) is 164 Å². The average Bonchev–Trinajstić information content (AvgIpc) is 3.34. The number of carbonyl (C=O) groups excluding carboxylic acids is 1. The molecule has 170 valence electrons. The third kappa shape index (κ3) is 4.42. The molecule has 4 rings (SSSR count). The number of amides is 1. The van der Waals surface area contributed by atoms with E-state index in [-0.39, 0.29) is 12.4 Å². The second-order valence-electron chi connectivity index (χ2n) is 7.24. The Kier molecular flexibility index (Phi) is 6.35. The molecule has 1 aliphatic rings. The molecule has 0 bridgehead atoms. The Bertz CT molecular complexity index is 1070. The van der Waals surface area contributed by atoms with Gasteiger partial charge in [-0.05, 0) is 24.6 Å². The summed E-state index contributed by atoms with van der Waals surface area (Å²) in [5, 5.41) is 35.9. The number of ether oxygens (including phenoxy) is 2. The van der Waals surface area contributed by atoms with Gasteiger partial charge in [0.15, 0.2) is 23.2 Å². The number of hydrogen-bond donors (Lipinski definition) is 5.